The van der Waals surface area contributed by atoms with Crippen LogP contribution < -0.4 is 5.32 Å². The summed E-state index contributed by atoms with van der Waals surface area (Å²) in [5.74, 6) is -2.73. The third kappa shape index (κ3) is 4.61. The van der Waals surface area contributed by atoms with Crippen molar-refractivity contribution in [2.75, 3.05) is 18.5 Å². The first-order valence-electron chi connectivity index (χ1n) is 8.89. The number of furan rings is 1. The van der Waals surface area contributed by atoms with E-state index in [2.05, 4.69) is 5.32 Å². The fraction of sp³-hybridized carbons (Fsp3) is 0.200. The molecule has 0 aliphatic carbocycles. The summed E-state index contributed by atoms with van der Waals surface area (Å²) in [6.07, 6.45) is 0. The molecule has 1 amide bonds. The van der Waals surface area contributed by atoms with Gasteiger partial charge < -0.3 is 19.2 Å². The molecule has 0 saturated heterocycles. The fourth-order valence-corrected chi connectivity index (χ4v) is 2.72. The van der Waals surface area contributed by atoms with E-state index in [1.165, 1.54) is 0 Å². The van der Waals surface area contributed by atoms with Crippen LogP contribution in [0.5, 0.6) is 0 Å². The summed E-state index contributed by atoms with van der Waals surface area (Å²) in [6, 6.07) is 9.66. The minimum Gasteiger partial charge on any atom is -0.450 e. The number of hydrogen-bond donors (Lipinski definition) is 1. The van der Waals surface area contributed by atoms with Crippen molar-refractivity contribution in [2.45, 2.75) is 13.5 Å². The summed E-state index contributed by atoms with van der Waals surface area (Å²) in [5.41, 5.74) is 0.155. The summed E-state index contributed by atoms with van der Waals surface area (Å²) in [4.78, 5) is 34.5. The summed E-state index contributed by atoms with van der Waals surface area (Å²) in [7, 11) is 0. The second-order valence-electron chi connectivity index (χ2n) is 6.09. The number of nitrogens with one attached hydrogen (secondary N) is 1. The molecule has 0 aliphatic heterocycles. The zero-order chi connectivity index (χ0) is 21.7. The Bertz CT molecular complexity index is 1110. The highest BCUT2D eigenvalue weighted by atomic mass is 19.1. The molecule has 3 aromatic rings. The Hall–Kier alpha value is -3.79. The molecule has 0 spiro atoms. The normalized spacial score (nSPS) is 10.7. The van der Waals surface area contributed by atoms with Gasteiger partial charge in [0.2, 0.25) is 5.76 Å². The van der Waals surface area contributed by atoms with Gasteiger partial charge in [-0.25, -0.2) is 9.18 Å². The van der Waals surface area contributed by atoms with Gasteiger partial charge in [0.1, 0.15) is 11.4 Å². The van der Waals surface area contributed by atoms with E-state index in [9.17, 15) is 24.1 Å². The van der Waals surface area contributed by atoms with Crippen LogP contribution in [-0.2, 0) is 20.9 Å². The minimum atomic E-state index is -0.893. The minimum absolute atomic E-state index is 0.0982. The fourth-order valence-electron chi connectivity index (χ4n) is 2.72. The number of halogens is 1. The molecule has 0 unspecified atom stereocenters. The van der Waals surface area contributed by atoms with Gasteiger partial charge >= 0.3 is 5.97 Å². The molecule has 30 heavy (non-hydrogen) atoms. The summed E-state index contributed by atoms with van der Waals surface area (Å²) >= 11 is 0. The van der Waals surface area contributed by atoms with Crippen LogP contribution in [0.1, 0.15) is 23.0 Å². The number of carbonyl (C=O) groups excluding carboxylic acids is 2. The second-order valence-corrected chi connectivity index (χ2v) is 6.09. The molecule has 2 aromatic carbocycles. The topological polar surface area (TPSA) is 121 Å². The number of hydrogen-bond acceptors (Lipinski definition) is 7. The Morgan fingerprint density at radius 3 is 2.73 bits per heavy atom. The van der Waals surface area contributed by atoms with E-state index < -0.39 is 40.6 Å². The van der Waals surface area contributed by atoms with Crippen LogP contribution in [0, 0.1) is 15.9 Å². The Balaban J connectivity index is 1.71. The zero-order valence-electron chi connectivity index (χ0n) is 15.8. The zero-order valence-corrected chi connectivity index (χ0v) is 15.8. The van der Waals surface area contributed by atoms with Gasteiger partial charge in [0.25, 0.3) is 11.6 Å². The number of non-ortho nitro benzene ring substituents is 1. The maximum Gasteiger partial charge on any atom is 0.375 e. The van der Waals surface area contributed by atoms with Crippen molar-refractivity contribution in [3.63, 3.8) is 0 Å². The third-order valence-electron chi connectivity index (χ3n) is 4.10. The number of nitro groups is 1. The van der Waals surface area contributed by atoms with Gasteiger partial charge in [-0.1, -0.05) is 18.2 Å². The first-order chi connectivity index (χ1) is 14.4. The lowest BCUT2D eigenvalue weighted by atomic mass is 10.1. The van der Waals surface area contributed by atoms with Crippen molar-refractivity contribution >= 4 is 34.2 Å². The predicted molar refractivity (Wildman–Crippen MR) is 104 cm³/mol. The molecule has 0 fully saturated rings. The smallest absolute Gasteiger partial charge is 0.375 e. The van der Waals surface area contributed by atoms with Crippen molar-refractivity contribution in [1.29, 1.82) is 0 Å². The van der Waals surface area contributed by atoms with Gasteiger partial charge in [-0.05, 0) is 19.1 Å². The Kier molecular flexibility index (Phi) is 6.38. The number of nitrogens with zero attached hydrogens (tertiary/aromatic N) is 1. The molecule has 1 heterocycles. The van der Waals surface area contributed by atoms with Crippen LogP contribution in [-0.4, -0.2) is 30.0 Å². The molecule has 1 aromatic heterocycles. The van der Waals surface area contributed by atoms with Crippen molar-refractivity contribution in [3.8, 4) is 0 Å². The van der Waals surface area contributed by atoms with Crippen molar-refractivity contribution in [3.05, 3.63) is 69.7 Å². The predicted octanol–water partition coefficient (Wildman–Crippen LogP) is 3.81. The van der Waals surface area contributed by atoms with E-state index in [1.54, 1.807) is 31.2 Å². The highest BCUT2D eigenvalue weighted by Crippen LogP contribution is 2.27. The summed E-state index contributed by atoms with van der Waals surface area (Å²) in [6.45, 7) is 1.60. The molecule has 0 atom stereocenters. The van der Waals surface area contributed by atoms with Crippen molar-refractivity contribution < 1.29 is 32.8 Å². The molecule has 3 rings (SSSR count). The van der Waals surface area contributed by atoms with E-state index in [-0.39, 0.29) is 12.4 Å². The number of anilines is 1. The van der Waals surface area contributed by atoms with Crippen LogP contribution in [0.25, 0.3) is 11.0 Å². The van der Waals surface area contributed by atoms with E-state index in [0.717, 1.165) is 18.2 Å². The van der Waals surface area contributed by atoms with Crippen LogP contribution in [0.2, 0.25) is 0 Å². The summed E-state index contributed by atoms with van der Waals surface area (Å²) in [5, 5.41) is 13.6. The molecule has 0 saturated carbocycles. The standard InChI is InChI=1S/C20H17FN2O7/c1-2-28-10-14-13-5-3-4-6-17(13)30-19(14)20(25)29-11-18(24)22-16-9-12(23(26)27)7-8-15(16)21/h3-9H,2,10-11H2,1H3,(H,22,24). The molecule has 0 bridgehead atoms. The number of rotatable bonds is 8. The molecule has 0 radical (unpaired) electrons. The van der Waals surface area contributed by atoms with Gasteiger partial charge in [-0.15, -0.1) is 0 Å². The number of fused-ring (bicyclic) bond motifs is 1. The lowest BCUT2D eigenvalue weighted by Crippen LogP contribution is -2.21. The SMILES string of the molecule is CCOCc1c(C(=O)OCC(=O)Nc2cc([N+](=O)[O-])ccc2F)oc2ccccc12. The van der Waals surface area contributed by atoms with E-state index in [0.29, 0.717) is 23.1 Å². The number of benzene rings is 2. The van der Waals surface area contributed by atoms with Crippen molar-refractivity contribution in [1.82, 2.24) is 0 Å². The number of esters is 1. The van der Waals surface area contributed by atoms with Gasteiger partial charge in [0, 0.05) is 29.7 Å². The Morgan fingerprint density at radius 1 is 1.23 bits per heavy atom. The second kappa shape index (κ2) is 9.14. The molecule has 9 nitrogen and oxygen atoms in total. The lowest BCUT2D eigenvalue weighted by molar-refractivity contribution is -0.384. The van der Waals surface area contributed by atoms with E-state index in [1.807, 2.05) is 0 Å². The maximum absolute atomic E-state index is 13.8. The summed E-state index contributed by atoms with van der Waals surface area (Å²) < 4.78 is 29.7. The van der Waals surface area contributed by atoms with Crippen LogP contribution >= 0.6 is 0 Å². The first-order valence-corrected chi connectivity index (χ1v) is 8.89. The average Bonchev–Trinajstić information content (AvgIpc) is 3.10. The molecular formula is C20H17FN2O7. The highest BCUT2D eigenvalue weighted by molar-refractivity contribution is 5.98. The lowest BCUT2D eigenvalue weighted by Gasteiger charge is -2.07. The maximum atomic E-state index is 13.8. The van der Waals surface area contributed by atoms with E-state index in [4.69, 9.17) is 13.9 Å². The van der Waals surface area contributed by atoms with Gasteiger partial charge in [0.05, 0.1) is 17.2 Å². The number of para-hydroxylation sites is 1. The monoisotopic (exact) mass is 416 g/mol. The number of nitro benzene ring substituents is 1. The molecule has 10 heteroatoms. The molecular weight excluding hydrogens is 399 g/mol. The highest BCUT2D eigenvalue weighted by Gasteiger charge is 2.23. The molecule has 156 valence electrons. The Labute approximate surface area is 169 Å². The quantitative estimate of drug-likeness (QED) is 0.337. The number of amides is 1. The van der Waals surface area contributed by atoms with Gasteiger partial charge in [-0.2, -0.15) is 0 Å². The van der Waals surface area contributed by atoms with Gasteiger partial charge in [-0.3, -0.25) is 14.9 Å². The van der Waals surface area contributed by atoms with Crippen LogP contribution in [0.15, 0.2) is 46.9 Å². The third-order valence-corrected chi connectivity index (χ3v) is 4.10. The van der Waals surface area contributed by atoms with Crippen LogP contribution in [0.3, 0.4) is 0 Å². The largest absolute Gasteiger partial charge is 0.450 e. The first kappa shape index (κ1) is 20.9. The number of ether oxygens (including phenoxy) is 2. The number of carbonyl (C=O) groups is 2. The van der Waals surface area contributed by atoms with Gasteiger partial charge in [0.15, 0.2) is 6.61 Å². The Morgan fingerprint density at radius 2 is 2.00 bits per heavy atom. The van der Waals surface area contributed by atoms with Crippen LogP contribution in [0.4, 0.5) is 15.8 Å². The van der Waals surface area contributed by atoms with E-state index >= 15 is 0 Å². The van der Waals surface area contributed by atoms with Crippen molar-refractivity contribution in [2.24, 2.45) is 0 Å². The average molecular weight is 416 g/mol. The molecule has 0 aliphatic rings. The molecule has 1 N–H and O–H groups in total.